The van der Waals surface area contributed by atoms with Crippen LogP contribution in [-0.2, 0) is 57.3 Å². The number of allylic oxidation sites excluding steroid dienone is 1. The highest BCUT2D eigenvalue weighted by Gasteiger charge is 2.52. The molecule has 4 amide bonds. The lowest BCUT2D eigenvalue weighted by Gasteiger charge is -2.47. The second-order valence-corrected chi connectivity index (χ2v) is 27.7. The fraction of sp³-hybridized carbons (Fsp3) is 0.478. The van der Waals surface area contributed by atoms with E-state index in [2.05, 4.69) is 21.3 Å². The number of ether oxygens (including phenoxy) is 6. The molecule has 0 aromatic heterocycles. The Hall–Kier alpha value is -8.34. The average molecular weight is 1450 g/mol. The minimum Gasteiger partial charge on any atom is -0.508 e. The maximum absolute atomic E-state index is 16.1. The van der Waals surface area contributed by atoms with Crippen LogP contribution in [0.3, 0.4) is 0 Å². The largest absolute Gasteiger partial charge is 0.508 e. The van der Waals surface area contributed by atoms with E-state index in [0.29, 0.717) is 6.42 Å². The summed E-state index contributed by atoms with van der Waals surface area (Å²) >= 11 is 14.2. The van der Waals surface area contributed by atoms with Crippen LogP contribution in [0.25, 0.3) is 11.1 Å². The van der Waals surface area contributed by atoms with E-state index in [9.17, 15) is 75.0 Å². The maximum Gasteiger partial charge on any atom is 0.330 e. The minimum absolute atomic E-state index is 0.0418. The summed E-state index contributed by atoms with van der Waals surface area (Å²) in [4.78, 5) is 118. The Bertz CT molecular complexity index is 3980. The number of benzene rings is 4. The number of ketones is 3. The van der Waals surface area contributed by atoms with Crippen LogP contribution in [0.5, 0.6) is 28.7 Å². The molecule has 2 saturated heterocycles. The molecule has 0 radical (unpaired) electrons. The number of hydrogen-bond donors (Lipinski definition) is 16. The molecule has 7 heterocycles. The number of carboxylic acid groups (broad SMARTS) is 1. The summed E-state index contributed by atoms with van der Waals surface area (Å²) in [6.07, 6.45) is -21.7. The number of phenols is 3. The molecule has 4 aromatic carbocycles. The molecule has 1 unspecified atom stereocenters. The number of aliphatic hydroxyl groups is 6. The molecule has 2 fully saturated rings. The molecule has 11 bridgehead atoms. The Morgan fingerprint density at radius 3 is 2.09 bits per heavy atom. The standard InChI is InChI=1S/C69H80Cl2N6O24/c1-26(2)12-40(74-5)43(81)21-36-57(86)29-7-10-47(38(70)14-29)97-49-16-31-17-50(61(49)101-68-62(60(89)59(88)51(25-78)99-68)100-53-24-69(4,73)63(90)27(3)96-53)98-48-11-8-30(15-39(48)71)58(87)37-22-46(84)55(76-64(91)33(31)20-44(82)41(23-52(72)85)75-65(36)92)28-6-9-42(80)34(13-28)54-35(18-32(79)19-45(54)83)56(67(94)95)77-66(37)93/h6-11,13-16,18-19,26-27,33,36-37,40-41,50-51,53,55-60,62-63,68,74,78-80,83,86-90H,12,17,20-25,73H2,1-5H3,(H2,72,85)(H,75,92)(H,76,91)(H,77,93)(H,94,95)/t27-,33+,36+,37-,40+,41-,50?,51+,53-,55+,56-,57+,58+,59+,60-,62+,63+,68-,69-/m0/s1. The number of aliphatic carboxylic acids is 1. The van der Waals surface area contributed by atoms with Gasteiger partial charge in [0.05, 0.1) is 77.3 Å². The van der Waals surface area contributed by atoms with Crippen molar-refractivity contribution in [2.24, 2.45) is 35.1 Å². The molecule has 7 aliphatic heterocycles. The molecule has 32 heteroatoms. The van der Waals surface area contributed by atoms with Crippen LogP contribution < -0.4 is 42.2 Å². The first kappa shape index (κ1) is 75.3. The van der Waals surface area contributed by atoms with Crippen LogP contribution in [0.2, 0.25) is 10.0 Å². The Labute approximate surface area is 587 Å². The first-order valence-corrected chi connectivity index (χ1v) is 33.3. The van der Waals surface area contributed by atoms with Crippen molar-refractivity contribution >= 4 is 70.1 Å². The van der Waals surface area contributed by atoms with E-state index in [4.69, 9.17) is 63.1 Å². The van der Waals surface area contributed by atoms with Gasteiger partial charge in [-0.3, -0.25) is 33.6 Å². The van der Waals surface area contributed by atoms with Crippen LogP contribution >= 0.6 is 23.2 Å². The van der Waals surface area contributed by atoms with Crippen molar-refractivity contribution in [3.05, 3.63) is 122 Å². The van der Waals surface area contributed by atoms with Gasteiger partial charge in [0.25, 0.3) is 0 Å². The third-order valence-electron chi connectivity index (χ3n) is 19.0. The van der Waals surface area contributed by atoms with Crippen LogP contribution in [-0.4, -0.2) is 185 Å². The SMILES string of the molecule is CN[C@H](CC(C)C)C(=O)C[C@H]1C(=O)N[C@@H](CC(N)=O)C(=O)C[C@H]2C(=O)N[C@H]3C(=O)C[C@H](C(=O)N[C@H](C(=O)O)c4cc(O)cc(O)c4-c4cc3ccc4O)[C@H](O)c3ccc(c(Cl)c3)OC3CC2=CC(=C3O[C@@H]2O[C@H](CO)[C@@H](O)[C@H](O)[C@H]2O[C@H]2C[C@](C)(N)[C@H](O)[C@H](C)O2)Oc2ccc(cc2Cl)[C@H]1O. The number of likely N-dealkylation sites (N-methyl/N-ethyl adjacent to an activating group) is 1. The first-order valence-electron chi connectivity index (χ1n) is 32.5. The Morgan fingerprint density at radius 2 is 1.46 bits per heavy atom. The predicted molar refractivity (Wildman–Crippen MR) is 353 cm³/mol. The number of carbonyl (C=O) groups excluding carboxylic acids is 7. The predicted octanol–water partition coefficient (Wildman–Crippen LogP) is 2.13. The summed E-state index contributed by atoms with van der Waals surface area (Å²) in [7, 11) is 1.53. The number of rotatable bonds is 14. The number of fused-ring (bicyclic) bond motifs is 15. The zero-order chi connectivity index (χ0) is 73.5. The van der Waals surface area contributed by atoms with Crippen molar-refractivity contribution in [1.29, 1.82) is 0 Å². The molecule has 8 aliphatic rings. The number of phenolic OH excluding ortho intramolecular Hbond substituents is 3. The Kier molecular flexibility index (Phi) is 22.9. The lowest BCUT2D eigenvalue weighted by Crippen LogP contribution is -2.64. The number of hydrogen-bond acceptors (Lipinski definition) is 25. The lowest BCUT2D eigenvalue weighted by atomic mass is 9.82. The van der Waals surface area contributed by atoms with Crippen molar-refractivity contribution in [2.45, 2.75) is 170 Å². The van der Waals surface area contributed by atoms with Gasteiger partial charge in [-0.1, -0.05) is 55.2 Å². The molecule has 0 saturated carbocycles. The van der Waals surface area contributed by atoms with E-state index >= 15 is 14.4 Å². The second-order valence-electron chi connectivity index (χ2n) is 26.9. The number of aromatic hydroxyl groups is 3. The highest BCUT2D eigenvalue weighted by atomic mass is 35.5. The van der Waals surface area contributed by atoms with Gasteiger partial charge in [0.2, 0.25) is 29.9 Å². The third-order valence-corrected chi connectivity index (χ3v) is 19.6. The molecule has 12 rings (SSSR count). The smallest absolute Gasteiger partial charge is 0.330 e. The summed E-state index contributed by atoms with van der Waals surface area (Å²) in [5, 5.41) is 124. The third kappa shape index (κ3) is 16.1. The van der Waals surface area contributed by atoms with Crippen molar-refractivity contribution in [1.82, 2.24) is 21.3 Å². The minimum atomic E-state index is -2.19. The van der Waals surface area contributed by atoms with Crippen LogP contribution in [0.1, 0.15) is 119 Å². The number of carbonyl (C=O) groups is 8. The van der Waals surface area contributed by atoms with Crippen LogP contribution in [0.4, 0.5) is 0 Å². The van der Waals surface area contributed by atoms with E-state index in [-0.39, 0.29) is 56.1 Å². The summed E-state index contributed by atoms with van der Waals surface area (Å²) in [6.45, 7) is 5.81. The number of Topliss-reactive ketones (excluding diaryl/α,β-unsaturated/α-hetero) is 3. The molecule has 1 aliphatic carbocycles. The summed E-state index contributed by atoms with van der Waals surface area (Å²) in [5.74, 6) is -18.9. The van der Waals surface area contributed by atoms with Gasteiger partial charge in [-0.2, -0.15) is 0 Å². The molecule has 18 N–H and O–H groups in total. The molecule has 4 aromatic rings. The zero-order valence-electron chi connectivity index (χ0n) is 55.2. The molecule has 30 nitrogen and oxygen atoms in total. The highest BCUT2D eigenvalue weighted by Crippen LogP contribution is 2.47. The molecule has 19 atom stereocenters. The van der Waals surface area contributed by atoms with E-state index < -0.39 is 246 Å². The average Bonchev–Trinajstić information content (AvgIpc) is 0.775. The van der Waals surface area contributed by atoms with Gasteiger partial charge >= 0.3 is 5.97 Å². The van der Waals surface area contributed by atoms with Crippen molar-refractivity contribution in [3.63, 3.8) is 0 Å². The number of carboxylic acids is 1. The first-order chi connectivity index (χ1) is 47.7. The molecule has 101 heavy (non-hydrogen) atoms. The van der Waals surface area contributed by atoms with Crippen molar-refractivity contribution in [2.75, 3.05) is 13.7 Å². The normalized spacial score (nSPS) is 31.3. The monoisotopic (exact) mass is 1450 g/mol. The van der Waals surface area contributed by atoms with Crippen molar-refractivity contribution in [3.8, 4) is 39.9 Å². The lowest BCUT2D eigenvalue weighted by molar-refractivity contribution is -0.343. The van der Waals surface area contributed by atoms with Crippen LogP contribution in [0.15, 0.2) is 89.9 Å². The summed E-state index contributed by atoms with van der Waals surface area (Å²) in [6, 6.07) is 5.25. The van der Waals surface area contributed by atoms with E-state index in [1.807, 2.05) is 13.8 Å². The van der Waals surface area contributed by atoms with Gasteiger partial charge in [0, 0.05) is 60.4 Å². The Balaban J connectivity index is 1.23. The van der Waals surface area contributed by atoms with E-state index in [1.54, 1.807) is 0 Å². The van der Waals surface area contributed by atoms with Gasteiger partial charge in [-0.25, -0.2) is 4.79 Å². The second kappa shape index (κ2) is 30.7. The van der Waals surface area contributed by atoms with Crippen LogP contribution in [0, 0.1) is 23.7 Å². The summed E-state index contributed by atoms with van der Waals surface area (Å²) < 4.78 is 38.8. The number of aliphatic hydroxyl groups excluding tert-OH is 6. The summed E-state index contributed by atoms with van der Waals surface area (Å²) in [5.41, 5.74) is 8.86. The van der Waals surface area contributed by atoms with Crippen molar-refractivity contribution < 1.29 is 118 Å². The van der Waals surface area contributed by atoms with Gasteiger partial charge in [0.1, 0.15) is 53.1 Å². The van der Waals surface area contributed by atoms with Gasteiger partial charge in [-0.05, 0) is 104 Å². The molecule has 544 valence electrons. The quantitative estimate of drug-likeness (QED) is 0.0859. The number of primary amides is 1. The molecule has 0 spiro atoms. The molecular weight excluding hydrogens is 1370 g/mol. The number of amides is 4. The van der Waals surface area contributed by atoms with E-state index in [0.717, 1.165) is 36.4 Å². The zero-order valence-corrected chi connectivity index (χ0v) is 56.7. The highest BCUT2D eigenvalue weighted by molar-refractivity contribution is 6.32. The van der Waals surface area contributed by atoms with Gasteiger partial charge < -0.3 is 112 Å². The number of nitrogens with one attached hydrogen (secondary N) is 4. The molecular formula is C69H80Cl2N6O24. The number of halogens is 2. The van der Waals surface area contributed by atoms with E-state index in [1.165, 1.54) is 57.3 Å². The fourth-order valence-electron chi connectivity index (χ4n) is 13.6. The van der Waals surface area contributed by atoms with Gasteiger partial charge in [0.15, 0.2) is 53.4 Å². The Morgan fingerprint density at radius 1 is 0.782 bits per heavy atom. The van der Waals surface area contributed by atoms with Gasteiger partial charge in [-0.15, -0.1) is 0 Å². The maximum atomic E-state index is 16.1. The number of nitrogens with two attached hydrogens (primary N) is 2. The topological polar surface area (TPSA) is 494 Å². The fourth-order valence-corrected chi connectivity index (χ4v) is 14.1.